The lowest BCUT2D eigenvalue weighted by atomic mass is 10.1. The maximum absolute atomic E-state index is 12.1. The molecule has 0 aliphatic carbocycles. The van der Waals surface area contributed by atoms with Gasteiger partial charge in [0.1, 0.15) is 17.1 Å². The molecule has 0 amide bonds. The van der Waals surface area contributed by atoms with E-state index in [1.165, 1.54) is 0 Å². The summed E-state index contributed by atoms with van der Waals surface area (Å²) in [7, 11) is -3.54. The van der Waals surface area contributed by atoms with E-state index in [1.807, 2.05) is 24.3 Å². The number of thiocarbonyl (C=S) groups is 1. The van der Waals surface area contributed by atoms with Crippen LogP contribution in [-0.4, -0.2) is 31.3 Å². The van der Waals surface area contributed by atoms with Crippen molar-refractivity contribution in [3.05, 3.63) is 29.8 Å². The fourth-order valence-electron chi connectivity index (χ4n) is 2.25. The number of ether oxygens (including phenoxy) is 1. The fourth-order valence-corrected chi connectivity index (χ4v) is 4.16. The molecule has 2 atom stereocenters. The van der Waals surface area contributed by atoms with Crippen LogP contribution in [0.15, 0.2) is 24.3 Å². The van der Waals surface area contributed by atoms with Crippen LogP contribution >= 0.6 is 12.2 Å². The van der Waals surface area contributed by atoms with E-state index < -0.39 is 15.3 Å². The molecule has 1 heterocycles. The molecule has 1 aliphatic rings. The van der Waals surface area contributed by atoms with E-state index in [4.69, 9.17) is 22.7 Å². The number of sulfonamides is 1. The summed E-state index contributed by atoms with van der Waals surface area (Å²) in [6, 6.07) is 7.70. The van der Waals surface area contributed by atoms with Gasteiger partial charge < -0.3 is 10.5 Å². The summed E-state index contributed by atoms with van der Waals surface area (Å²) in [5.74, 6) is 0.818. The largest absolute Gasteiger partial charge is 0.488 e. The minimum absolute atomic E-state index is 0.00405. The molecule has 2 unspecified atom stereocenters. The molecule has 0 aromatic heterocycles. The SMILES string of the molecule is CCC(C(N)=S)S(=O)(=O)NCC1Cc2ccccc2O1. The van der Waals surface area contributed by atoms with Gasteiger partial charge in [0.25, 0.3) is 0 Å². The summed E-state index contributed by atoms with van der Waals surface area (Å²) >= 11 is 4.80. The minimum Gasteiger partial charge on any atom is -0.488 e. The molecule has 2 rings (SSSR count). The zero-order chi connectivity index (χ0) is 14.8. The molecule has 1 aliphatic heterocycles. The third kappa shape index (κ3) is 3.28. The summed E-state index contributed by atoms with van der Waals surface area (Å²) in [5, 5.41) is -0.832. The van der Waals surface area contributed by atoms with E-state index >= 15 is 0 Å². The van der Waals surface area contributed by atoms with Gasteiger partial charge in [-0.25, -0.2) is 13.1 Å². The van der Waals surface area contributed by atoms with Gasteiger partial charge in [-0.3, -0.25) is 0 Å². The van der Waals surface area contributed by atoms with Gasteiger partial charge in [-0.2, -0.15) is 0 Å². The Morgan fingerprint density at radius 2 is 2.25 bits per heavy atom. The van der Waals surface area contributed by atoms with Crippen molar-refractivity contribution in [1.82, 2.24) is 4.72 Å². The second-order valence-corrected chi connectivity index (χ2v) is 7.16. The number of hydrogen-bond acceptors (Lipinski definition) is 4. The number of nitrogens with one attached hydrogen (secondary N) is 1. The van der Waals surface area contributed by atoms with Gasteiger partial charge in [-0.05, 0) is 18.1 Å². The van der Waals surface area contributed by atoms with Crippen LogP contribution in [0.2, 0.25) is 0 Å². The van der Waals surface area contributed by atoms with E-state index in [0.29, 0.717) is 12.8 Å². The zero-order valence-corrected chi connectivity index (χ0v) is 12.8. The minimum atomic E-state index is -3.54. The molecule has 0 bridgehead atoms. The van der Waals surface area contributed by atoms with Crippen LogP contribution in [-0.2, 0) is 16.4 Å². The normalized spacial score (nSPS) is 19.1. The Morgan fingerprint density at radius 1 is 1.55 bits per heavy atom. The van der Waals surface area contributed by atoms with Crippen LogP contribution in [0.4, 0.5) is 0 Å². The summed E-state index contributed by atoms with van der Waals surface area (Å²) in [6.45, 7) is 1.96. The number of benzene rings is 1. The van der Waals surface area contributed by atoms with Crippen molar-refractivity contribution in [2.45, 2.75) is 31.1 Å². The average molecular weight is 314 g/mol. The van der Waals surface area contributed by atoms with Crippen molar-refractivity contribution < 1.29 is 13.2 Å². The lowest BCUT2D eigenvalue weighted by molar-refractivity contribution is 0.236. The summed E-state index contributed by atoms with van der Waals surface area (Å²) in [6.07, 6.45) is 0.866. The molecule has 0 saturated heterocycles. The second kappa shape index (κ2) is 6.07. The van der Waals surface area contributed by atoms with Crippen molar-refractivity contribution in [1.29, 1.82) is 0 Å². The van der Waals surface area contributed by atoms with E-state index in [-0.39, 0.29) is 17.6 Å². The lowest BCUT2D eigenvalue weighted by Gasteiger charge is -2.17. The molecule has 0 fully saturated rings. The number of para-hydroxylation sites is 1. The van der Waals surface area contributed by atoms with Crippen molar-refractivity contribution in [2.75, 3.05) is 6.54 Å². The van der Waals surface area contributed by atoms with E-state index in [2.05, 4.69) is 4.72 Å². The van der Waals surface area contributed by atoms with Gasteiger partial charge in [-0.1, -0.05) is 37.3 Å². The zero-order valence-electron chi connectivity index (χ0n) is 11.2. The summed E-state index contributed by atoms with van der Waals surface area (Å²) in [4.78, 5) is -0.00405. The highest BCUT2D eigenvalue weighted by Gasteiger charge is 2.29. The molecule has 0 spiro atoms. The first-order valence-electron chi connectivity index (χ1n) is 6.46. The smallest absolute Gasteiger partial charge is 0.221 e. The number of fused-ring (bicyclic) bond motifs is 1. The molecule has 7 heteroatoms. The van der Waals surface area contributed by atoms with Crippen molar-refractivity contribution >= 4 is 27.2 Å². The number of hydrogen-bond donors (Lipinski definition) is 2. The van der Waals surface area contributed by atoms with Crippen LogP contribution in [0.25, 0.3) is 0 Å². The highest BCUT2D eigenvalue weighted by Crippen LogP contribution is 2.27. The first-order valence-corrected chi connectivity index (χ1v) is 8.42. The average Bonchev–Trinajstić information content (AvgIpc) is 2.79. The molecular weight excluding hydrogens is 296 g/mol. The molecule has 1 aromatic carbocycles. The van der Waals surface area contributed by atoms with Gasteiger partial charge in [0.15, 0.2) is 0 Å². The van der Waals surface area contributed by atoms with Crippen LogP contribution < -0.4 is 15.2 Å². The van der Waals surface area contributed by atoms with Crippen LogP contribution in [0.5, 0.6) is 5.75 Å². The van der Waals surface area contributed by atoms with E-state index in [9.17, 15) is 8.42 Å². The maximum atomic E-state index is 12.1. The summed E-state index contributed by atoms with van der Waals surface area (Å²) in [5.41, 5.74) is 6.56. The molecule has 5 nitrogen and oxygen atoms in total. The highest BCUT2D eigenvalue weighted by molar-refractivity contribution is 7.93. The predicted octanol–water partition coefficient (Wildman–Crippen LogP) is 0.974. The Bertz CT molecular complexity index is 576. The third-order valence-electron chi connectivity index (χ3n) is 3.29. The van der Waals surface area contributed by atoms with Gasteiger partial charge in [0, 0.05) is 13.0 Å². The van der Waals surface area contributed by atoms with Gasteiger partial charge in [0.05, 0.1) is 4.99 Å². The molecule has 3 N–H and O–H groups in total. The Hall–Kier alpha value is -1.18. The fraction of sp³-hybridized carbons (Fsp3) is 0.462. The number of rotatable bonds is 6. The predicted molar refractivity (Wildman–Crippen MR) is 82.3 cm³/mol. The van der Waals surface area contributed by atoms with Gasteiger partial charge >= 0.3 is 0 Å². The van der Waals surface area contributed by atoms with Crippen LogP contribution in [0.3, 0.4) is 0 Å². The Morgan fingerprint density at radius 3 is 2.85 bits per heavy atom. The quantitative estimate of drug-likeness (QED) is 0.765. The van der Waals surface area contributed by atoms with Crippen molar-refractivity contribution in [3.8, 4) is 5.75 Å². The van der Waals surface area contributed by atoms with Crippen LogP contribution in [0.1, 0.15) is 18.9 Å². The number of nitrogens with two attached hydrogens (primary N) is 1. The van der Waals surface area contributed by atoms with E-state index in [1.54, 1.807) is 6.92 Å². The van der Waals surface area contributed by atoms with Crippen molar-refractivity contribution in [2.24, 2.45) is 5.73 Å². The molecule has 110 valence electrons. The monoisotopic (exact) mass is 314 g/mol. The molecule has 0 radical (unpaired) electrons. The first-order chi connectivity index (χ1) is 9.44. The standard InChI is InChI=1S/C13H18N2O3S2/c1-2-12(13(14)19)20(16,17)15-8-10-7-9-5-3-4-6-11(9)18-10/h3-6,10,12,15H,2,7-8H2,1H3,(H2,14,19). The second-order valence-electron chi connectivity index (χ2n) is 4.74. The Balaban J connectivity index is 1.96. The van der Waals surface area contributed by atoms with Crippen molar-refractivity contribution in [3.63, 3.8) is 0 Å². The molecule has 20 heavy (non-hydrogen) atoms. The first kappa shape index (κ1) is 15.2. The Labute approximate surface area is 124 Å². The third-order valence-corrected chi connectivity index (χ3v) is 5.63. The Kier molecular flexibility index (Phi) is 4.62. The molecule has 0 saturated carbocycles. The maximum Gasteiger partial charge on any atom is 0.221 e. The summed E-state index contributed by atoms with van der Waals surface area (Å²) < 4.78 is 32.4. The van der Waals surface area contributed by atoms with Crippen LogP contribution in [0, 0.1) is 0 Å². The van der Waals surface area contributed by atoms with Gasteiger partial charge in [0.2, 0.25) is 10.0 Å². The van der Waals surface area contributed by atoms with E-state index in [0.717, 1.165) is 11.3 Å². The lowest BCUT2D eigenvalue weighted by Crippen LogP contribution is -2.44. The highest BCUT2D eigenvalue weighted by atomic mass is 32.2. The molecule has 1 aromatic rings. The van der Waals surface area contributed by atoms with Gasteiger partial charge in [-0.15, -0.1) is 0 Å². The topological polar surface area (TPSA) is 81.4 Å². The molecular formula is C13H18N2O3S2.